The molecule has 2 saturated heterocycles. The molecular weight excluding hydrogens is 635 g/mol. The van der Waals surface area contributed by atoms with E-state index in [0.717, 1.165) is 5.69 Å². The fraction of sp³-hybridized carbons (Fsp3) is 0.520. The van der Waals surface area contributed by atoms with Gasteiger partial charge in [-0.2, -0.15) is 0 Å². The number of imidazole rings is 2. The molecule has 4 aromatic heterocycles. The Morgan fingerprint density at radius 2 is 1.23 bits per heavy atom. The minimum atomic E-state index is -1.03. The van der Waals surface area contributed by atoms with Crippen molar-refractivity contribution < 1.29 is 29.9 Å². The van der Waals surface area contributed by atoms with Crippen molar-refractivity contribution in [2.45, 2.75) is 83.7 Å². The number of aliphatic hydroxyl groups is 4. The third-order valence-electron chi connectivity index (χ3n) is 6.90. The fourth-order valence-corrected chi connectivity index (χ4v) is 5.33. The number of hydrogen-bond acceptors (Lipinski definition) is 12. The number of halogens is 1. The van der Waals surface area contributed by atoms with Crippen LogP contribution in [0.3, 0.4) is 0 Å². The van der Waals surface area contributed by atoms with Crippen molar-refractivity contribution in [2.75, 3.05) is 0 Å². The molecular formula is C25H29IN8O6. The van der Waals surface area contributed by atoms with Crippen molar-refractivity contribution in [3.05, 3.63) is 33.7 Å². The van der Waals surface area contributed by atoms with Crippen molar-refractivity contribution in [2.24, 2.45) is 0 Å². The molecule has 0 bridgehead atoms. The number of aryl methyl sites for hydroxylation is 2. The SMILES string of the molecule is CC#Cc1nc(C)c2ncn([C@@H]3O[C@H](C)[C@H](O)C3O)c2n1.Cc1nc(I)nc2c1ncn2[C@@H]1O[C@H](C)[C@H](O)C1O. The maximum Gasteiger partial charge on any atom is 0.207 e. The summed E-state index contributed by atoms with van der Waals surface area (Å²) in [6.45, 7) is 8.82. The van der Waals surface area contributed by atoms with Crippen LogP contribution >= 0.6 is 22.6 Å². The molecule has 6 heterocycles. The minimum absolute atomic E-state index is 0.394. The van der Waals surface area contributed by atoms with Gasteiger partial charge in [-0.15, -0.1) is 0 Å². The summed E-state index contributed by atoms with van der Waals surface area (Å²) in [6.07, 6.45) is -3.09. The number of ether oxygens (including phenoxy) is 2. The normalized spacial score (nSPS) is 29.9. The highest BCUT2D eigenvalue weighted by Gasteiger charge is 2.43. The average molecular weight is 664 g/mol. The van der Waals surface area contributed by atoms with Gasteiger partial charge in [0.25, 0.3) is 0 Å². The van der Waals surface area contributed by atoms with Crippen LogP contribution in [0.2, 0.25) is 0 Å². The zero-order valence-corrected chi connectivity index (χ0v) is 24.5. The Kier molecular flexibility index (Phi) is 8.03. The van der Waals surface area contributed by atoms with Gasteiger partial charge in [0, 0.05) is 22.6 Å². The van der Waals surface area contributed by atoms with Crippen LogP contribution in [-0.4, -0.2) is 96.1 Å². The minimum Gasteiger partial charge on any atom is -0.388 e. The second-order valence-corrected chi connectivity index (χ2v) is 10.6. The predicted octanol–water partition coefficient (Wildman–Crippen LogP) is 0.524. The van der Waals surface area contributed by atoms with E-state index in [1.165, 1.54) is 6.33 Å². The molecule has 4 N–H and O–H groups in total. The number of hydrogen-bond donors (Lipinski definition) is 4. The van der Waals surface area contributed by atoms with Crippen LogP contribution in [0, 0.1) is 29.5 Å². The zero-order chi connectivity index (χ0) is 28.9. The van der Waals surface area contributed by atoms with E-state index in [1.54, 1.807) is 36.2 Å². The lowest BCUT2D eigenvalue weighted by Gasteiger charge is -2.16. The first-order chi connectivity index (χ1) is 19.0. The first-order valence-corrected chi connectivity index (χ1v) is 13.6. The van der Waals surface area contributed by atoms with E-state index >= 15 is 0 Å². The molecule has 15 heteroatoms. The predicted molar refractivity (Wildman–Crippen MR) is 149 cm³/mol. The molecule has 14 nitrogen and oxygen atoms in total. The summed E-state index contributed by atoms with van der Waals surface area (Å²) in [7, 11) is 0. The fourth-order valence-electron chi connectivity index (χ4n) is 4.74. The smallest absolute Gasteiger partial charge is 0.207 e. The van der Waals surface area contributed by atoms with Gasteiger partial charge in [-0.05, 0) is 40.5 Å². The maximum absolute atomic E-state index is 10.1. The molecule has 0 radical (unpaired) electrons. The molecule has 0 amide bonds. The molecule has 0 aliphatic carbocycles. The molecule has 2 fully saturated rings. The van der Waals surface area contributed by atoms with E-state index in [9.17, 15) is 20.4 Å². The van der Waals surface area contributed by atoms with Crippen LogP contribution in [-0.2, 0) is 9.47 Å². The van der Waals surface area contributed by atoms with Gasteiger partial charge in [0.05, 0.1) is 36.3 Å². The van der Waals surface area contributed by atoms with E-state index in [0.29, 0.717) is 37.7 Å². The molecule has 8 atom stereocenters. The highest BCUT2D eigenvalue weighted by Crippen LogP contribution is 2.32. The summed E-state index contributed by atoms with van der Waals surface area (Å²) in [5.74, 6) is 5.96. The van der Waals surface area contributed by atoms with Gasteiger partial charge in [0.1, 0.15) is 35.4 Å². The maximum atomic E-state index is 10.1. The van der Waals surface area contributed by atoms with E-state index in [4.69, 9.17) is 9.47 Å². The Labute approximate surface area is 242 Å². The van der Waals surface area contributed by atoms with Gasteiger partial charge in [-0.3, -0.25) is 9.13 Å². The Bertz CT molecular complexity index is 1620. The van der Waals surface area contributed by atoms with Crippen LogP contribution < -0.4 is 0 Å². The monoisotopic (exact) mass is 664 g/mol. The van der Waals surface area contributed by atoms with E-state index < -0.39 is 49.1 Å². The van der Waals surface area contributed by atoms with Crippen molar-refractivity contribution in [3.63, 3.8) is 0 Å². The largest absolute Gasteiger partial charge is 0.388 e. The summed E-state index contributed by atoms with van der Waals surface area (Å²) in [4.78, 5) is 25.7. The van der Waals surface area contributed by atoms with Gasteiger partial charge in [-0.25, -0.2) is 29.9 Å². The Morgan fingerprint density at radius 1 is 0.750 bits per heavy atom. The molecule has 0 saturated carbocycles. The number of nitrogens with zero attached hydrogens (tertiary/aromatic N) is 8. The second kappa shape index (κ2) is 11.2. The summed E-state index contributed by atoms with van der Waals surface area (Å²) in [5.41, 5.74) is 3.91. The molecule has 2 aliphatic heterocycles. The van der Waals surface area contributed by atoms with Gasteiger partial charge in [0.15, 0.2) is 27.6 Å². The third kappa shape index (κ3) is 5.04. The lowest BCUT2D eigenvalue weighted by molar-refractivity contribution is -0.0300. The number of rotatable bonds is 2. The Balaban J connectivity index is 0.000000162. The topological polar surface area (TPSA) is 187 Å². The molecule has 212 valence electrons. The Hall–Kier alpha value is -2.85. The molecule has 0 aromatic carbocycles. The summed E-state index contributed by atoms with van der Waals surface area (Å²) in [5, 5.41) is 39.7. The first-order valence-electron chi connectivity index (χ1n) is 12.6. The quantitative estimate of drug-likeness (QED) is 0.133. The van der Waals surface area contributed by atoms with Crippen LogP contribution in [0.5, 0.6) is 0 Å². The molecule has 2 aliphatic rings. The second-order valence-electron chi connectivity index (χ2n) is 9.66. The van der Waals surface area contributed by atoms with Crippen molar-refractivity contribution in [3.8, 4) is 11.8 Å². The lowest BCUT2D eigenvalue weighted by atomic mass is 10.1. The van der Waals surface area contributed by atoms with Crippen LogP contribution in [0.4, 0.5) is 0 Å². The van der Waals surface area contributed by atoms with Crippen LogP contribution in [0.1, 0.15) is 50.4 Å². The summed E-state index contributed by atoms with van der Waals surface area (Å²) < 4.78 is 15.0. The zero-order valence-electron chi connectivity index (χ0n) is 22.3. The van der Waals surface area contributed by atoms with E-state index in [-0.39, 0.29) is 0 Å². The third-order valence-corrected chi connectivity index (χ3v) is 7.39. The van der Waals surface area contributed by atoms with Gasteiger partial charge >= 0.3 is 0 Å². The Morgan fingerprint density at radius 3 is 1.68 bits per heavy atom. The van der Waals surface area contributed by atoms with Gasteiger partial charge < -0.3 is 29.9 Å². The lowest BCUT2D eigenvalue weighted by Crippen LogP contribution is -2.30. The molecule has 4 aromatic rings. The van der Waals surface area contributed by atoms with Gasteiger partial charge in [-0.1, -0.05) is 5.92 Å². The van der Waals surface area contributed by atoms with Crippen molar-refractivity contribution in [1.82, 2.24) is 39.0 Å². The average Bonchev–Trinajstić information content (AvgIpc) is 3.64. The highest BCUT2D eigenvalue weighted by molar-refractivity contribution is 14.1. The van der Waals surface area contributed by atoms with Crippen LogP contribution in [0.25, 0.3) is 22.3 Å². The molecule has 6 rings (SSSR count). The molecule has 2 unspecified atom stereocenters. The standard InChI is InChI=1S/C14H16N4O3.C11H13IN4O3/c1-4-5-9-16-7(2)10-13(17-9)18(6-15-10)14-12(20)11(19)8(3)21-14;1-4-6-9(15-11(12)14-4)16(3-13-6)10-8(18)7(17)5(2)19-10/h6,8,11-12,14,19-20H,1-3H3;3,5,7-8,10,17-18H,1-2H3/t8-,11+,12?,14-;5-,7+,8?,10-/m11/s1. The number of fused-ring (bicyclic) bond motifs is 2. The van der Waals surface area contributed by atoms with Crippen molar-refractivity contribution >= 4 is 44.9 Å². The van der Waals surface area contributed by atoms with Crippen molar-refractivity contribution in [1.29, 1.82) is 0 Å². The number of aliphatic hydroxyl groups excluding tert-OH is 4. The summed E-state index contributed by atoms with van der Waals surface area (Å²) in [6, 6.07) is 0. The summed E-state index contributed by atoms with van der Waals surface area (Å²) >= 11 is 2.03. The number of aromatic nitrogens is 8. The molecule has 40 heavy (non-hydrogen) atoms. The van der Waals surface area contributed by atoms with Gasteiger partial charge in [0.2, 0.25) is 5.82 Å². The highest BCUT2D eigenvalue weighted by atomic mass is 127. The van der Waals surface area contributed by atoms with E-state index in [2.05, 4.69) is 41.7 Å². The molecule has 0 spiro atoms. The van der Waals surface area contributed by atoms with E-state index in [1.807, 2.05) is 36.4 Å². The van der Waals surface area contributed by atoms with Crippen LogP contribution in [0.15, 0.2) is 12.7 Å². The first kappa shape index (κ1) is 28.7.